The molecular formula is C21H21Cl2F2N3O3S. The van der Waals surface area contributed by atoms with Crippen molar-refractivity contribution in [3.8, 4) is 0 Å². The summed E-state index contributed by atoms with van der Waals surface area (Å²) in [5.41, 5.74) is 0.543. The Balaban J connectivity index is 1.78. The Morgan fingerprint density at radius 1 is 1.12 bits per heavy atom. The molecule has 1 amide bonds. The lowest BCUT2D eigenvalue weighted by molar-refractivity contribution is -0.135. The predicted octanol–water partition coefficient (Wildman–Crippen LogP) is 4.22. The molecule has 1 aromatic heterocycles. The monoisotopic (exact) mass is 503 g/mol. The second kappa shape index (κ2) is 9.21. The maximum Gasteiger partial charge on any atom is 0.244 e. The van der Waals surface area contributed by atoms with E-state index in [1.807, 2.05) is 0 Å². The zero-order valence-corrected chi connectivity index (χ0v) is 19.2. The fourth-order valence-corrected chi connectivity index (χ4v) is 7.14. The van der Waals surface area contributed by atoms with E-state index >= 15 is 0 Å². The number of nitrogens with zero attached hydrogens (tertiary/aromatic N) is 3. The summed E-state index contributed by atoms with van der Waals surface area (Å²) < 4.78 is 56.6. The maximum atomic E-state index is 14.2. The van der Waals surface area contributed by atoms with E-state index in [-0.39, 0.29) is 40.9 Å². The number of hydrogen-bond donors (Lipinski definition) is 0. The lowest BCUT2D eigenvalue weighted by Gasteiger charge is -2.40. The van der Waals surface area contributed by atoms with Gasteiger partial charge in [-0.1, -0.05) is 29.3 Å². The van der Waals surface area contributed by atoms with Crippen LogP contribution in [0.2, 0.25) is 10.0 Å². The van der Waals surface area contributed by atoms with Crippen molar-refractivity contribution in [1.29, 1.82) is 0 Å². The summed E-state index contributed by atoms with van der Waals surface area (Å²) in [5, 5.41) is 0.203. The second-order valence-electron chi connectivity index (χ2n) is 7.99. The van der Waals surface area contributed by atoms with Crippen LogP contribution in [-0.2, 0) is 21.4 Å². The predicted molar refractivity (Wildman–Crippen MR) is 116 cm³/mol. The normalized spacial score (nSPS) is 24.6. The van der Waals surface area contributed by atoms with Crippen molar-refractivity contribution in [2.75, 3.05) is 6.54 Å². The molecule has 0 N–H and O–H groups in total. The molecule has 2 aliphatic heterocycles. The van der Waals surface area contributed by atoms with Crippen molar-refractivity contribution in [2.45, 2.75) is 49.2 Å². The first-order valence-electron chi connectivity index (χ1n) is 10.1. The molecule has 0 spiro atoms. The van der Waals surface area contributed by atoms with Crippen molar-refractivity contribution >= 4 is 39.1 Å². The molecular weight excluding hydrogens is 483 g/mol. The molecule has 3 heterocycles. The number of benzene rings is 1. The fraction of sp³-hybridized carbons (Fsp3) is 0.429. The van der Waals surface area contributed by atoms with Crippen molar-refractivity contribution < 1.29 is 22.0 Å². The van der Waals surface area contributed by atoms with Gasteiger partial charge in [-0.05, 0) is 49.6 Å². The highest BCUT2D eigenvalue weighted by molar-refractivity contribution is 7.89. The molecule has 1 aromatic carbocycles. The van der Waals surface area contributed by atoms with Gasteiger partial charge in [-0.15, -0.1) is 0 Å². The highest BCUT2D eigenvalue weighted by atomic mass is 35.5. The first-order valence-corrected chi connectivity index (χ1v) is 12.3. The van der Waals surface area contributed by atoms with E-state index in [0.717, 1.165) is 4.31 Å². The second-order valence-corrected chi connectivity index (χ2v) is 10.7. The zero-order chi connectivity index (χ0) is 23.0. The first kappa shape index (κ1) is 23.4. The largest absolute Gasteiger partial charge is 0.335 e. The molecule has 32 heavy (non-hydrogen) atoms. The lowest BCUT2D eigenvalue weighted by Crippen LogP contribution is -2.55. The Bertz CT molecular complexity index is 1080. The summed E-state index contributed by atoms with van der Waals surface area (Å²) in [6.07, 6.45) is -0.289. The zero-order valence-electron chi connectivity index (χ0n) is 16.9. The van der Waals surface area contributed by atoms with Gasteiger partial charge in [0.25, 0.3) is 0 Å². The number of sulfonamides is 1. The number of halogens is 4. The minimum atomic E-state index is -4.32. The topological polar surface area (TPSA) is 70.6 Å². The fourth-order valence-electron chi connectivity index (χ4n) is 4.54. The quantitative estimate of drug-likeness (QED) is 0.612. The molecule has 2 bridgehead atoms. The van der Waals surface area contributed by atoms with Gasteiger partial charge in [-0.2, -0.15) is 4.31 Å². The summed E-state index contributed by atoms with van der Waals surface area (Å²) in [5.74, 6) is -1.84. The first-order chi connectivity index (χ1) is 15.2. The molecule has 4 rings (SSSR count). The molecule has 0 radical (unpaired) electrons. The summed E-state index contributed by atoms with van der Waals surface area (Å²) in [6.45, 7) is -0.223. The van der Waals surface area contributed by atoms with Gasteiger partial charge in [0.1, 0.15) is 6.04 Å². The SMILES string of the molecule is O=C1C2CCCC([C@@H](C(F)F)CN1Cc1ccccn1)N2S(=O)(=O)c1cc(Cl)cc(Cl)c1. The van der Waals surface area contributed by atoms with Crippen LogP contribution in [0.1, 0.15) is 25.0 Å². The highest BCUT2D eigenvalue weighted by Crippen LogP contribution is 2.40. The summed E-state index contributed by atoms with van der Waals surface area (Å²) in [6, 6.07) is 6.88. The third-order valence-corrected chi connectivity index (χ3v) is 8.30. The molecule has 2 saturated heterocycles. The van der Waals surface area contributed by atoms with Crippen LogP contribution in [0.25, 0.3) is 0 Å². The molecule has 6 nitrogen and oxygen atoms in total. The standard InChI is InChI=1S/C21H21Cl2F2N3O3S/c22-13-8-14(23)10-16(9-13)32(30,31)28-18-5-3-6-19(28)21(29)27(12-17(18)20(24)25)11-15-4-1-2-7-26-15/h1-2,4,7-10,17-20H,3,5-6,11-12H2/t17-,18?,19?/m0/s1. The third kappa shape index (κ3) is 4.48. The van der Waals surface area contributed by atoms with Crippen LogP contribution in [-0.4, -0.2) is 53.6 Å². The van der Waals surface area contributed by atoms with E-state index in [4.69, 9.17) is 23.2 Å². The highest BCUT2D eigenvalue weighted by Gasteiger charge is 2.52. The number of carbonyl (C=O) groups excluding carboxylic acids is 1. The van der Waals surface area contributed by atoms with Crippen LogP contribution in [0.15, 0.2) is 47.5 Å². The molecule has 2 aliphatic rings. The van der Waals surface area contributed by atoms with E-state index in [9.17, 15) is 22.0 Å². The molecule has 172 valence electrons. The van der Waals surface area contributed by atoms with Crippen LogP contribution < -0.4 is 0 Å². The number of alkyl halides is 2. The van der Waals surface area contributed by atoms with Gasteiger partial charge in [0, 0.05) is 28.8 Å². The van der Waals surface area contributed by atoms with Crippen molar-refractivity contribution in [2.24, 2.45) is 5.92 Å². The van der Waals surface area contributed by atoms with Gasteiger partial charge >= 0.3 is 0 Å². The molecule has 0 aliphatic carbocycles. The Labute approximate surface area is 195 Å². The number of fused-ring (bicyclic) bond motifs is 2. The molecule has 0 saturated carbocycles. The molecule has 2 aromatic rings. The molecule has 2 fully saturated rings. The number of carbonyl (C=O) groups is 1. The number of aromatic nitrogens is 1. The van der Waals surface area contributed by atoms with Gasteiger partial charge in [0.15, 0.2) is 0 Å². The van der Waals surface area contributed by atoms with Crippen molar-refractivity contribution in [1.82, 2.24) is 14.2 Å². The van der Waals surface area contributed by atoms with Gasteiger partial charge in [-0.3, -0.25) is 9.78 Å². The smallest absolute Gasteiger partial charge is 0.244 e. The van der Waals surface area contributed by atoms with E-state index in [2.05, 4.69) is 4.98 Å². The summed E-state index contributed by atoms with van der Waals surface area (Å²) in [4.78, 5) is 18.7. The van der Waals surface area contributed by atoms with Crippen molar-refractivity contribution in [3.63, 3.8) is 0 Å². The van der Waals surface area contributed by atoms with Gasteiger partial charge in [0.05, 0.1) is 23.1 Å². The molecule has 3 atom stereocenters. The molecule has 11 heteroatoms. The summed E-state index contributed by atoms with van der Waals surface area (Å²) >= 11 is 12.0. The Kier molecular flexibility index (Phi) is 6.72. The minimum Gasteiger partial charge on any atom is -0.335 e. The Hall–Kier alpha value is -1.81. The summed E-state index contributed by atoms with van der Waals surface area (Å²) in [7, 11) is -4.32. The van der Waals surface area contributed by atoms with Crippen molar-refractivity contribution in [3.05, 3.63) is 58.3 Å². The van der Waals surface area contributed by atoms with Gasteiger partial charge < -0.3 is 4.90 Å². The van der Waals surface area contributed by atoms with E-state index < -0.39 is 40.4 Å². The Morgan fingerprint density at radius 2 is 1.84 bits per heavy atom. The van der Waals surface area contributed by atoms with Crippen LogP contribution in [0, 0.1) is 5.92 Å². The van der Waals surface area contributed by atoms with Crippen LogP contribution in [0.3, 0.4) is 0 Å². The number of rotatable bonds is 5. The minimum absolute atomic E-state index is 0.0307. The van der Waals surface area contributed by atoms with E-state index in [1.165, 1.54) is 23.1 Å². The number of hydrogen-bond acceptors (Lipinski definition) is 4. The average molecular weight is 504 g/mol. The number of piperidine rings is 1. The van der Waals surface area contributed by atoms with Crippen LogP contribution in [0.5, 0.6) is 0 Å². The third-order valence-electron chi connectivity index (χ3n) is 5.95. The maximum absolute atomic E-state index is 14.2. The van der Waals surface area contributed by atoms with Crippen LogP contribution in [0.4, 0.5) is 8.78 Å². The van der Waals surface area contributed by atoms with E-state index in [1.54, 1.807) is 24.4 Å². The van der Waals surface area contributed by atoms with Gasteiger partial charge in [0.2, 0.25) is 22.4 Å². The van der Waals surface area contributed by atoms with Gasteiger partial charge in [-0.25, -0.2) is 17.2 Å². The average Bonchev–Trinajstić information content (AvgIpc) is 2.81. The van der Waals surface area contributed by atoms with E-state index in [0.29, 0.717) is 12.1 Å². The number of amides is 1. The Morgan fingerprint density at radius 3 is 2.47 bits per heavy atom. The molecule has 2 unspecified atom stereocenters. The van der Waals surface area contributed by atoms with Crippen LogP contribution >= 0.6 is 23.2 Å². The lowest BCUT2D eigenvalue weighted by atomic mass is 9.90. The number of pyridine rings is 1.